The molecule has 3 amide bonds. The minimum atomic E-state index is -0.912. The average molecular weight is 1150 g/mol. The van der Waals surface area contributed by atoms with Crippen molar-refractivity contribution in [1.82, 2.24) is 55.4 Å². The predicted octanol–water partition coefficient (Wildman–Crippen LogP) is 5.93. The van der Waals surface area contributed by atoms with Gasteiger partial charge in [0.05, 0.1) is 128 Å². The van der Waals surface area contributed by atoms with Gasteiger partial charge in [-0.05, 0) is 66.5 Å². The zero-order valence-corrected chi connectivity index (χ0v) is 48.0. The first-order valence-corrected chi connectivity index (χ1v) is 29.4. The molecule has 4 fully saturated rings. The Morgan fingerprint density at radius 2 is 1.56 bits per heavy atom. The van der Waals surface area contributed by atoms with Crippen molar-refractivity contribution in [1.29, 1.82) is 0 Å². The molecule has 7 heterocycles. The maximum Gasteiger partial charge on any atom is 0.239 e. The van der Waals surface area contributed by atoms with E-state index in [1.807, 2.05) is 84.2 Å². The minimum Gasteiger partial charge on any atom is -0.392 e. The van der Waals surface area contributed by atoms with Crippen molar-refractivity contribution in [2.24, 2.45) is 5.41 Å². The number of thiazole rings is 1. The molecular weight excluding hydrogens is 1070 g/mol. The van der Waals surface area contributed by atoms with Crippen LogP contribution in [0.25, 0.3) is 43.9 Å². The second-order valence-corrected chi connectivity index (χ2v) is 23.6. The number of aliphatic hydroxyl groups excluding tert-OH is 1. The number of aliphatic hydroxyl groups is 1. The van der Waals surface area contributed by atoms with Gasteiger partial charge in [0.1, 0.15) is 17.7 Å². The lowest BCUT2D eigenvalue weighted by Gasteiger charge is -2.50. The highest BCUT2D eigenvalue weighted by molar-refractivity contribution is 7.13. The SMILES string of the molecule is Cc1ncsc1-c1ccc(CNC(=O)[C@@H]2C[C@@H](O)CN2C2C(N3CCC(n4cc(-c5cnc6cccc(-c7cc(F)c(CN8CCOCC8)c(F)c7)c6n5)cn4)CC3)C(=O)NCCOCCOCCOCCC(=O)NC2C(C)(C)C)cc1. The lowest BCUT2D eigenvalue weighted by molar-refractivity contribution is -0.137. The smallest absolute Gasteiger partial charge is 0.239 e. The van der Waals surface area contributed by atoms with E-state index in [1.165, 1.54) is 12.1 Å². The summed E-state index contributed by atoms with van der Waals surface area (Å²) in [7, 11) is 0. The Bertz CT molecular complexity index is 3120. The second kappa shape index (κ2) is 27.0. The van der Waals surface area contributed by atoms with Crippen LogP contribution in [-0.4, -0.2) is 185 Å². The molecule has 19 nitrogen and oxygen atoms in total. The van der Waals surface area contributed by atoms with E-state index < -0.39 is 47.3 Å². The fraction of sp³-hybridized carbons (Fsp3) is 0.517. The van der Waals surface area contributed by atoms with Gasteiger partial charge in [-0.2, -0.15) is 5.10 Å². The maximum atomic E-state index is 15.7. The van der Waals surface area contributed by atoms with Crippen molar-refractivity contribution in [3.63, 3.8) is 0 Å². The monoisotopic (exact) mass is 1150 g/mol. The molecule has 4 N–H and O–H groups in total. The lowest BCUT2D eigenvalue weighted by atomic mass is 9.77. The molecule has 0 radical (unpaired) electrons. The lowest BCUT2D eigenvalue weighted by Crippen LogP contribution is -2.70. The van der Waals surface area contributed by atoms with E-state index in [0.29, 0.717) is 112 Å². The summed E-state index contributed by atoms with van der Waals surface area (Å²) in [6.07, 6.45) is 5.80. The Labute approximate surface area is 481 Å². The Balaban J connectivity index is 0.909. The molecule has 6 aromatic rings. The number of benzene rings is 3. The number of para-hydroxylation sites is 1. The number of morpholine rings is 1. The molecule has 4 aliphatic heterocycles. The summed E-state index contributed by atoms with van der Waals surface area (Å²) in [5.74, 6) is -2.11. The molecule has 3 aromatic heterocycles. The van der Waals surface area contributed by atoms with Gasteiger partial charge in [-0.3, -0.25) is 38.7 Å². The van der Waals surface area contributed by atoms with Crippen molar-refractivity contribution in [2.75, 3.05) is 92.1 Å². The minimum absolute atomic E-state index is 0.0177. The molecule has 5 atom stereocenters. The topological polar surface area (TPSA) is 211 Å². The van der Waals surface area contributed by atoms with E-state index in [-0.39, 0.29) is 81.6 Å². The molecule has 438 valence electrons. The molecule has 0 saturated carbocycles. The molecule has 4 aliphatic rings. The Hall–Kier alpha value is -6.21. The van der Waals surface area contributed by atoms with Crippen molar-refractivity contribution in [3.8, 4) is 32.8 Å². The number of carbonyl (C=O) groups excluding carboxylic acids is 3. The number of amides is 3. The van der Waals surface area contributed by atoms with Crippen LogP contribution in [0.5, 0.6) is 0 Å². The van der Waals surface area contributed by atoms with E-state index in [4.69, 9.17) is 34.0 Å². The summed E-state index contributed by atoms with van der Waals surface area (Å²) >= 11 is 1.57. The van der Waals surface area contributed by atoms with Gasteiger partial charge in [-0.15, -0.1) is 11.3 Å². The number of rotatable bonds is 11. The molecule has 0 spiro atoms. The molecule has 22 heteroatoms. The number of carbonyl (C=O) groups is 3. The zero-order chi connectivity index (χ0) is 57.3. The van der Waals surface area contributed by atoms with Gasteiger partial charge in [0.15, 0.2) is 0 Å². The van der Waals surface area contributed by atoms with Crippen LogP contribution in [-0.2, 0) is 46.4 Å². The molecule has 10 rings (SSSR count). The third-order valence-corrected chi connectivity index (χ3v) is 17.0. The maximum absolute atomic E-state index is 15.7. The van der Waals surface area contributed by atoms with Crippen molar-refractivity contribution in [2.45, 2.75) is 103 Å². The number of aromatic nitrogens is 5. The number of β-amino-alcohol motifs (C(OH)–C–C–N with tert-alkyl or cyclic N) is 1. The van der Waals surface area contributed by atoms with E-state index in [2.05, 4.69) is 25.8 Å². The van der Waals surface area contributed by atoms with Crippen molar-refractivity contribution in [3.05, 3.63) is 107 Å². The van der Waals surface area contributed by atoms with Crippen LogP contribution in [0.2, 0.25) is 0 Å². The van der Waals surface area contributed by atoms with Crippen LogP contribution in [0.4, 0.5) is 8.78 Å². The van der Waals surface area contributed by atoms with Crippen LogP contribution < -0.4 is 16.0 Å². The number of hydrogen-bond acceptors (Lipinski definition) is 16. The van der Waals surface area contributed by atoms with Crippen LogP contribution in [0.15, 0.2) is 78.7 Å². The molecule has 3 aromatic carbocycles. The van der Waals surface area contributed by atoms with E-state index in [1.54, 1.807) is 35.9 Å². The van der Waals surface area contributed by atoms with E-state index in [0.717, 1.165) is 21.7 Å². The number of fused-ring (bicyclic) bond motifs is 1. The number of aryl methyl sites for hydroxylation is 1. The quantitative estimate of drug-likeness (QED) is 0.119. The highest BCUT2D eigenvalue weighted by Gasteiger charge is 2.52. The fourth-order valence-corrected chi connectivity index (χ4v) is 12.5. The summed E-state index contributed by atoms with van der Waals surface area (Å²) in [5.41, 5.74) is 7.27. The van der Waals surface area contributed by atoms with E-state index >= 15 is 13.6 Å². The Morgan fingerprint density at radius 1 is 0.854 bits per heavy atom. The summed E-state index contributed by atoms with van der Waals surface area (Å²) < 4.78 is 56.1. The summed E-state index contributed by atoms with van der Waals surface area (Å²) in [6.45, 7) is 13.5. The normalized spacial score (nSPS) is 23.3. The molecule has 0 aliphatic carbocycles. The second-order valence-electron chi connectivity index (χ2n) is 22.7. The van der Waals surface area contributed by atoms with Crippen LogP contribution in [0, 0.1) is 24.0 Å². The third-order valence-electron chi connectivity index (χ3n) is 16.1. The molecular formula is C60H75F2N11O8S. The van der Waals surface area contributed by atoms with Crippen LogP contribution >= 0.6 is 11.3 Å². The number of halogens is 2. The summed E-state index contributed by atoms with van der Waals surface area (Å²) in [5, 5.41) is 26.0. The summed E-state index contributed by atoms with van der Waals surface area (Å²) in [6, 6.07) is 12.8. The predicted molar refractivity (Wildman–Crippen MR) is 306 cm³/mol. The largest absolute Gasteiger partial charge is 0.392 e. The number of piperidine rings is 1. The first kappa shape index (κ1) is 59.0. The zero-order valence-electron chi connectivity index (χ0n) is 47.2. The van der Waals surface area contributed by atoms with E-state index in [9.17, 15) is 14.7 Å². The van der Waals surface area contributed by atoms with Crippen molar-refractivity contribution >= 4 is 40.1 Å². The van der Waals surface area contributed by atoms with Gasteiger partial charge < -0.3 is 40.0 Å². The number of hydrogen-bond donors (Lipinski definition) is 4. The number of nitrogens with zero attached hydrogens (tertiary/aromatic N) is 8. The van der Waals surface area contributed by atoms with Crippen LogP contribution in [0.1, 0.15) is 69.3 Å². The molecule has 4 saturated heterocycles. The standard InChI is InChI=1S/C60H75F2N11O8S/c1-38-56(82-37-66-38)40-10-8-39(9-11-40)31-65-58(76)51-30-44(74)35-72(51)54-55(59(77)63-15-21-79-25-27-81-26-24-78-20-14-52(75)69-57(54)60(2,3)4)71-16-12-43(13-17-71)73-34-42(32-67-73)50-33-64-49-7-5-6-45(53(49)68-50)41-28-47(61)46(48(62)29-41)36-70-18-22-80-23-19-70/h5-11,28-29,32-34,37,43-44,51,54-55,57,74H,12-27,30-31,35-36H2,1-4H3,(H,63,77)(H,65,76)(H,69,75)/t44-,51+,54?,55?,57?/m1/s1. The number of nitrogens with one attached hydrogen (secondary N) is 3. The van der Waals surface area contributed by atoms with Gasteiger partial charge in [0.25, 0.3) is 0 Å². The highest BCUT2D eigenvalue weighted by Crippen LogP contribution is 2.37. The average Bonchev–Trinajstić information content (AvgIpc) is 4.38. The fourth-order valence-electron chi connectivity index (χ4n) is 11.7. The van der Waals surface area contributed by atoms with Crippen LogP contribution in [0.3, 0.4) is 0 Å². The molecule has 0 bridgehead atoms. The highest BCUT2D eigenvalue weighted by atomic mass is 32.1. The first-order valence-electron chi connectivity index (χ1n) is 28.5. The van der Waals surface area contributed by atoms with Gasteiger partial charge in [0, 0.05) is 81.7 Å². The Morgan fingerprint density at radius 3 is 2.27 bits per heavy atom. The molecule has 82 heavy (non-hydrogen) atoms. The summed E-state index contributed by atoms with van der Waals surface area (Å²) in [4.78, 5) is 65.3. The molecule has 3 unspecified atom stereocenters. The van der Waals surface area contributed by atoms with Gasteiger partial charge in [0.2, 0.25) is 17.7 Å². The van der Waals surface area contributed by atoms with Gasteiger partial charge >= 0.3 is 0 Å². The third kappa shape index (κ3) is 14.2. The Kier molecular flexibility index (Phi) is 19.4. The van der Waals surface area contributed by atoms with Crippen molar-refractivity contribution < 1.29 is 47.2 Å². The van der Waals surface area contributed by atoms with Gasteiger partial charge in [-0.25, -0.2) is 18.7 Å². The number of ether oxygens (including phenoxy) is 4. The van der Waals surface area contributed by atoms with Gasteiger partial charge in [-0.1, -0.05) is 57.2 Å². The number of likely N-dealkylation sites (tertiary alicyclic amines) is 2. The first-order chi connectivity index (χ1) is 39.7.